The van der Waals surface area contributed by atoms with Crippen molar-refractivity contribution in [3.8, 4) is 6.07 Å². The number of benzene rings is 2. The molecule has 26 heavy (non-hydrogen) atoms. The molecule has 2 aromatic rings. The molecular weight excluding hydrogens is 378 g/mol. The molecule has 0 atom stereocenters. The van der Waals surface area contributed by atoms with Gasteiger partial charge in [-0.3, -0.25) is 9.59 Å². The summed E-state index contributed by atoms with van der Waals surface area (Å²) in [6, 6.07) is 10.4. The minimum absolute atomic E-state index is 0.163. The van der Waals surface area contributed by atoms with Crippen LogP contribution < -0.4 is 5.32 Å². The summed E-state index contributed by atoms with van der Waals surface area (Å²) in [7, 11) is 0. The molecule has 0 aliphatic rings. The Morgan fingerprint density at radius 1 is 1.19 bits per heavy atom. The normalized spacial score (nSPS) is 10.9. The predicted octanol–water partition coefficient (Wildman–Crippen LogP) is 4.88. The van der Waals surface area contributed by atoms with E-state index >= 15 is 0 Å². The van der Waals surface area contributed by atoms with E-state index in [4.69, 9.17) is 28.5 Å². The van der Waals surface area contributed by atoms with Crippen LogP contribution in [0.4, 0.5) is 10.1 Å². The highest BCUT2D eigenvalue weighted by atomic mass is 35.5. The Bertz CT molecular complexity index is 900. The highest BCUT2D eigenvalue weighted by Gasteiger charge is 2.31. The standard InChI is InChI=1S/C19H15Cl2FN2O2/c1-19(2,17-13(20)4-3-5-15(17)22)9-16(25)18(26)24-12-7-6-11(10-23)14(21)8-12/h3-8H,9H2,1-2H3,(H,24,26). The lowest BCUT2D eigenvalue weighted by molar-refractivity contribution is -0.135. The number of Topliss-reactive ketones (excluding diaryl/α,β-unsaturated/α-hetero) is 1. The van der Waals surface area contributed by atoms with E-state index in [0.717, 1.165) is 0 Å². The van der Waals surface area contributed by atoms with Crippen LogP contribution >= 0.6 is 23.2 Å². The van der Waals surface area contributed by atoms with Crippen molar-refractivity contribution in [2.75, 3.05) is 5.32 Å². The molecule has 0 unspecified atom stereocenters. The molecule has 0 radical (unpaired) electrons. The third-order valence-electron chi connectivity index (χ3n) is 3.84. The molecule has 0 fully saturated rings. The van der Waals surface area contributed by atoms with Crippen molar-refractivity contribution in [1.29, 1.82) is 5.26 Å². The number of amides is 1. The van der Waals surface area contributed by atoms with Gasteiger partial charge in [0.25, 0.3) is 5.91 Å². The summed E-state index contributed by atoms with van der Waals surface area (Å²) in [4.78, 5) is 24.5. The maximum absolute atomic E-state index is 14.1. The van der Waals surface area contributed by atoms with Gasteiger partial charge in [-0.15, -0.1) is 0 Å². The number of nitriles is 1. The first-order valence-electron chi connectivity index (χ1n) is 7.64. The summed E-state index contributed by atoms with van der Waals surface area (Å²) in [6.45, 7) is 3.28. The summed E-state index contributed by atoms with van der Waals surface area (Å²) in [6.07, 6.45) is -0.233. The molecule has 134 valence electrons. The molecule has 7 heteroatoms. The van der Waals surface area contributed by atoms with Crippen LogP contribution in [0.5, 0.6) is 0 Å². The summed E-state index contributed by atoms with van der Waals surface area (Å²) < 4.78 is 14.1. The smallest absolute Gasteiger partial charge is 0.291 e. The third kappa shape index (κ3) is 4.40. The van der Waals surface area contributed by atoms with Crippen molar-refractivity contribution >= 4 is 40.6 Å². The van der Waals surface area contributed by atoms with Crippen molar-refractivity contribution in [2.24, 2.45) is 0 Å². The number of carbonyl (C=O) groups excluding carboxylic acids is 2. The lowest BCUT2D eigenvalue weighted by Gasteiger charge is -2.25. The molecule has 1 amide bonds. The van der Waals surface area contributed by atoms with E-state index in [1.165, 1.54) is 36.4 Å². The van der Waals surface area contributed by atoms with E-state index in [0.29, 0.717) is 0 Å². The van der Waals surface area contributed by atoms with Crippen molar-refractivity contribution in [1.82, 2.24) is 0 Å². The summed E-state index contributed by atoms with van der Waals surface area (Å²) in [5, 5.41) is 11.6. The topological polar surface area (TPSA) is 70.0 Å². The number of rotatable bonds is 5. The highest BCUT2D eigenvalue weighted by molar-refractivity contribution is 6.41. The number of halogens is 3. The predicted molar refractivity (Wildman–Crippen MR) is 98.9 cm³/mol. The molecule has 0 aliphatic heterocycles. The van der Waals surface area contributed by atoms with E-state index in [1.54, 1.807) is 13.8 Å². The summed E-state index contributed by atoms with van der Waals surface area (Å²) >= 11 is 12.0. The first-order chi connectivity index (χ1) is 12.2. The number of anilines is 1. The third-order valence-corrected chi connectivity index (χ3v) is 4.47. The van der Waals surface area contributed by atoms with Gasteiger partial charge in [-0.2, -0.15) is 5.26 Å². The molecule has 0 saturated carbocycles. The van der Waals surface area contributed by atoms with E-state index < -0.39 is 22.9 Å². The van der Waals surface area contributed by atoms with Crippen LogP contribution in [0.1, 0.15) is 31.4 Å². The molecule has 0 bridgehead atoms. The molecule has 2 rings (SSSR count). The zero-order chi connectivity index (χ0) is 19.5. The van der Waals surface area contributed by atoms with Crippen LogP contribution in [0.25, 0.3) is 0 Å². The molecule has 2 aromatic carbocycles. The largest absolute Gasteiger partial charge is 0.319 e. The van der Waals surface area contributed by atoms with Gasteiger partial charge in [0.2, 0.25) is 5.78 Å². The van der Waals surface area contributed by atoms with Gasteiger partial charge >= 0.3 is 0 Å². The van der Waals surface area contributed by atoms with Gasteiger partial charge < -0.3 is 5.32 Å². The molecule has 0 spiro atoms. The van der Waals surface area contributed by atoms with Crippen LogP contribution in [0.3, 0.4) is 0 Å². The van der Waals surface area contributed by atoms with Crippen LogP contribution in [0.15, 0.2) is 36.4 Å². The first-order valence-corrected chi connectivity index (χ1v) is 8.39. The maximum atomic E-state index is 14.1. The zero-order valence-corrected chi connectivity index (χ0v) is 15.6. The monoisotopic (exact) mass is 392 g/mol. The number of ketones is 1. The Hall–Kier alpha value is -2.42. The molecule has 4 nitrogen and oxygen atoms in total. The maximum Gasteiger partial charge on any atom is 0.291 e. The fraction of sp³-hybridized carbons (Fsp3) is 0.211. The van der Waals surface area contributed by atoms with Crippen molar-refractivity contribution in [3.63, 3.8) is 0 Å². The van der Waals surface area contributed by atoms with Gasteiger partial charge in [0.15, 0.2) is 0 Å². The Kier molecular flexibility index (Phi) is 6.01. The fourth-order valence-electron chi connectivity index (χ4n) is 2.60. The van der Waals surface area contributed by atoms with E-state index in [2.05, 4.69) is 5.32 Å². The Morgan fingerprint density at radius 2 is 1.88 bits per heavy atom. The van der Waals surface area contributed by atoms with Crippen LogP contribution in [0.2, 0.25) is 10.0 Å². The molecule has 0 aliphatic carbocycles. The Balaban J connectivity index is 2.15. The number of nitrogens with zero attached hydrogens (tertiary/aromatic N) is 1. The molecule has 0 heterocycles. The van der Waals surface area contributed by atoms with Gasteiger partial charge in [-0.1, -0.05) is 43.1 Å². The van der Waals surface area contributed by atoms with E-state index in [-0.39, 0.29) is 33.3 Å². The van der Waals surface area contributed by atoms with Gasteiger partial charge in [-0.05, 0) is 30.3 Å². The number of carbonyl (C=O) groups is 2. The van der Waals surface area contributed by atoms with Crippen LogP contribution in [0, 0.1) is 17.1 Å². The van der Waals surface area contributed by atoms with Crippen LogP contribution in [-0.2, 0) is 15.0 Å². The molecule has 0 aromatic heterocycles. The average molecular weight is 393 g/mol. The molecular formula is C19H15Cl2FN2O2. The number of hydrogen-bond acceptors (Lipinski definition) is 3. The number of nitrogens with one attached hydrogen (secondary N) is 1. The molecule has 1 N–H and O–H groups in total. The van der Waals surface area contributed by atoms with E-state index in [9.17, 15) is 14.0 Å². The first kappa shape index (κ1) is 19.9. The van der Waals surface area contributed by atoms with Crippen molar-refractivity contribution < 1.29 is 14.0 Å². The lowest BCUT2D eigenvalue weighted by atomic mass is 9.79. The molecule has 0 saturated heterocycles. The van der Waals surface area contributed by atoms with Gasteiger partial charge in [0.05, 0.1) is 10.6 Å². The minimum Gasteiger partial charge on any atom is -0.319 e. The summed E-state index contributed by atoms with van der Waals surface area (Å²) in [5.74, 6) is -2.12. The fourth-order valence-corrected chi connectivity index (χ4v) is 3.24. The van der Waals surface area contributed by atoms with Gasteiger partial charge in [0, 0.05) is 28.1 Å². The lowest BCUT2D eigenvalue weighted by Crippen LogP contribution is -2.31. The highest BCUT2D eigenvalue weighted by Crippen LogP contribution is 2.35. The van der Waals surface area contributed by atoms with E-state index in [1.807, 2.05) is 6.07 Å². The van der Waals surface area contributed by atoms with Crippen LogP contribution in [-0.4, -0.2) is 11.7 Å². The minimum atomic E-state index is -0.973. The quantitative estimate of drug-likeness (QED) is 0.737. The van der Waals surface area contributed by atoms with Crippen molar-refractivity contribution in [2.45, 2.75) is 25.7 Å². The second-order valence-corrected chi connectivity index (χ2v) is 7.16. The van der Waals surface area contributed by atoms with Gasteiger partial charge in [-0.25, -0.2) is 4.39 Å². The second kappa shape index (κ2) is 7.86. The average Bonchev–Trinajstić information content (AvgIpc) is 2.54. The number of hydrogen-bond donors (Lipinski definition) is 1. The SMILES string of the molecule is CC(C)(CC(=O)C(=O)Nc1ccc(C#N)c(Cl)c1)c1c(F)cccc1Cl. The Labute approximate surface area is 160 Å². The summed E-state index contributed by atoms with van der Waals surface area (Å²) in [5.41, 5.74) is -0.247. The van der Waals surface area contributed by atoms with Crippen molar-refractivity contribution in [3.05, 3.63) is 63.4 Å². The van der Waals surface area contributed by atoms with Gasteiger partial charge in [0.1, 0.15) is 11.9 Å². The Morgan fingerprint density at radius 3 is 2.46 bits per heavy atom. The zero-order valence-electron chi connectivity index (χ0n) is 14.1. The second-order valence-electron chi connectivity index (χ2n) is 6.34.